The van der Waals surface area contributed by atoms with Crippen molar-refractivity contribution in [2.45, 2.75) is 58.0 Å². The second-order valence-corrected chi connectivity index (χ2v) is 5.18. The summed E-state index contributed by atoms with van der Waals surface area (Å²) in [5, 5.41) is 8.57. The number of rotatable bonds is 2. The summed E-state index contributed by atoms with van der Waals surface area (Å²) < 4.78 is 0. The van der Waals surface area contributed by atoms with Gasteiger partial charge in [-0.25, -0.2) is 0 Å². The van der Waals surface area contributed by atoms with Crippen molar-refractivity contribution in [2.75, 3.05) is 6.54 Å². The van der Waals surface area contributed by atoms with Crippen LogP contribution in [-0.4, -0.2) is 28.8 Å². The van der Waals surface area contributed by atoms with Gasteiger partial charge >= 0.3 is 0 Å². The summed E-state index contributed by atoms with van der Waals surface area (Å²) in [7, 11) is 0. The third-order valence-corrected chi connectivity index (χ3v) is 2.99. The molecule has 0 N–H and O–H groups in total. The van der Waals surface area contributed by atoms with E-state index in [2.05, 4.69) is 25.7 Å². The number of carbonyl (C=O) groups is 1. The van der Waals surface area contributed by atoms with Gasteiger partial charge in [0.15, 0.2) is 5.78 Å². The minimum absolute atomic E-state index is 0.0240. The Morgan fingerprint density at radius 1 is 1.47 bits per heavy atom. The monoisotopic (exact) mass is 208 g/mol. The van der Waals surface area contributed by atoms with Crippen LogP contribution in [0.2, 0.25) is 0 Å². The van der Waals surface area contributed by atoms with Crippen LogP contribution in [0.15, 0.2) is 0 Å². The van der Waals surface area contributed by atoms with Crippen LogP contribution in [-0.2, 0) is 4.79 Å². The van der Waals surface area contributed by atoms with E-state index in [4.69, 9.17) is 5.26 Å². The molecule has 1 saturated heterocycles. The van der Waals surface area contributed by atoms with Gasteiger partial charge in [-0.1, -0.05) is 6.42 Å². The molecule has 1 aliphatic heterocycles. The first-order valence-corrected chi connectivity index (χ1v) is 5.63. The van der Waals surface area contributed by atoms with E-state index >= 15 is 0 Å². The highest BCUT2D eigenvalue weighted by Gasteiger charge is 2.34. The second-order valence-electron chi connectivity index (χ2n) is 5.18. The molecule has 1 unspecified atom stereocenters. The molecule has 0 radical (unpaired) electrons. The molecular formula is C12H20N2O. The SMILES string of the molecule is CC(C)(C)N1CCCCC1C(=O)CC#N. The molecule has 1 atom stereocenters. The van der Waals surface area contributed by atoms with Gasteiger partial charge in [0.05, 0.1) is 18.5 Å². The van der Waals surface area contributed by atoms with Crippen molar-refractivity contribution in [3.63, 3.8) is 0 Å². The van der Waals surface area contributed by atoms with Crippen LogP contribution >= 0.6 is 0 Å². The van der Waals surface area contributed by atoms with Crippen LogP contribution < -0.4 is 0 Å². The summed E-state index contributed by atoms with van der Waals surface area (Å²) in [5.74, 6) is 0.0899. The van der Waals surface area contributed by atoms with Crippen LogP contribution in [0.5, 0.6) is 0 Å². The number of hydrogen-bond acceptors (Lipinski definition) is 3. The number of likely N-dealkylation sites (tertiary alicyclic amines) is 1. The van der Waals surface area contributed by atoms with Crippen molar-refractivity contribution >= 4 is 5.78 Å². The first-order valence-electron chi connectivity index (χ1n) is 5.63. The minimum Gasteiger partial charge on any atom is -0.297 e. The van der Waals surface area contributed by atoms with Gasteiger partial charge in [-0.2, -0.15) is 5.26 Å². The Morgan fingerprint density at radius 3 is 2.67 bits per heavy atom. The minimum atomic E-state index is -0.0293. The van der Waals surface area contributed by atoms with Crippen molar-refractivity contribution in [3.05, 3.63) is 0 Å². The van der Waals surface area contributed by atoms with Gasteiger partial charge in [-0.05, 0) is 40.2 Å². The zero-order chi connectivity index (χ0) is 11.5. The summed E-state index contributed by atoms with van der Waals surface area (Å²) in [5.41, 5.74) is 0.0240. The highest BCUT2D eigenvalue weighted by molar-refractivity contribution is 5.85. The number of hydrogen-bond donors (Lipinski definition) is 0. The maximum Gasteiger partial charge on any atom is 0.163 e. The van der Waals surface area contributed by atoms with Gasteiger partial charge < -0.3 is 0 Å². The lowest BCUT2D eigenvalue weighted by atomic mass is 9.91. The van der Waals surface area contributed by atoms with Crippen molar-refractivity contribution < 1.29 is 4.79 Å². The number of nitriles is 1. The molecule has 1 rings (SSSR count). The smallest absolute Gasteiger partial charge is 0.163 e. The Hall–Kier alpha value is -0.880. The summed E-state index contributed by atoms with van der Waals surface area (Å²) in [6.07, 6.45) is 3.23. The predicted molar refractivity (Wildman–Crippen MR) is 59.3 cm³/mol. The molecule has 1 fully saturated rings. The highest BCUT2D eigenvalue weighted by atomic mass is 16.1. The Bertz CT molecular complexity index is 272. The lowest BCUT2D eigenvalue weighted by Gasteiger charge is -2.43. The predicted octanol–water partition coefficient (Wildman–Crippen LogP) is 2.12. The van der Waals surface area contributed by atoms with Gasteiger partial charge in [-0.3, -0.25) is 9.69 Å². The van der Waals surface area contributed by atoms with Crippen LogP contribution in [0.4, 0.5) is 0 Å². The maximum atomic E-state index is 11.8. The van der Waals surface area contributed by atoms with E-state index < -0.39 is 0 Å². The number of ketones is 1. The molecule has 1 aliphatic rings. The van der Waals surface area contributed by atoms with Crippen LogP contribution in [0.3, 0.4) is 0 Å². The molecule has 0 bridgehead atoms. The largest absolute Gasteiger partial charge is 0.297 e. The molecule has 1 heterocycles. The maximum absolute atomic E-state index is 11.8. The van der Waals surface area contributed by atoms with E-state index in [1.807, 2.05) is 6.07 Å². The average Bonchev–Trinajstić information content (AvgIpc) is 2.17. The fraction of sp³-hybridized carbons (Fsp3) is 0.833. The molecule has 0 aromatic carbocycles. The van der Waals surface area contributed by atoms with Gasteiger partial charge in [0.25, 0.3) is 0 Å². The molecular weight excluding hydrogens is 188 g/mol. The highest BCUT2D eigenvalue weighted by Crippen LogP contribution is 2.26. The third-order valence-electron chi connectivity index (χ3n) is 2.99. The van der Waals surface area contributed by atoms with Gasteiger partial charge in [0.1, 0.15) is 0 Å². The molecule has 0 spiro atoms. The Morgan fingerprint density at radius 2 is 2.13 bits per heavy atom. The Kier molecular flexibility index (Phi) is 3.87. The molecule has 0 aliphatic carbocycles. The number of nitrogens with zero attached hydrogens (tertiary/aromatic N) is 2. The van der Waals surface area contributed by atoms with E-state index in [1.54, 1.807) is 0 Å². The topological polar surface area (TPSA) is 44.1 Å². The van der Waals surface area contributed by atoms with E-state index in [0.717, 1.165) is 25.8 Å². The zero-order valence-corrected chi connectivity index (χ0v) is 9.92. The molecule has 0 aromatic heterocycles. The van der Waals surface area contributed by atoms with E-state index in [0.29, 0.717) is 0 Å². The number of Topliss-reactive ketones (excluding diaryl/α,β-unsaturated/α-hetero) is 1. The summed E-state index contributed by atoms with van der Waals surface area (Å²) in [6.45, 7) is 7.37. The van der Waals surface area contributed by atoms with Crippen molar-refractivity contribution in [3.8, 4) is 6.07 Å². The fourth-order valence-electron chi connectivity index (χ4n) is 2.26. The number of piperidine rings is 1. The summed E-state index contributed by atoms with van der Waals surface area (Å²) >= 11 is 0. The van der Waals surface area contributed by atoms with E-state index in [-0.39, 0.29) is 23.8 Å². The molecule has 3 nitrogen and oxygen atoms in total. The van der Waals surface area contributed by atoms with E-state index in [1.165, 1.54) is 0 Å². The van der Waals surface area contributed by atoms with Crippen LogP contribution in [0.25, 0.3) is 0 Å². The lowest BCUT2D eigenvalue weighted by molar-refractivity contribution is -0.127. The van der Waals surface area contributed by atoms with Crippen molar-refractivity contribution in [2.24, 2.45) is 0 Å². The van der Waals surface area contributed by atoms with Crippen LogP contribution in [0, 0.1) is 11.3 Å². The zero-order valence-electron chi connectivity index (χ0n) is 9.92. The normalized spacial score (nSPS) is 23.5. The fourth-order valence-corrected chi connectivity index (χ4v) is 2.26. The third kappa shape index (κ3) is 3.04. The van der Waals surface area contributed by atoms with Crippen molar-refractivity contribution in [1.29, 1.82) is 5.26 Å². The number of carbonyl (C=O) groups excluding carboxylic acids is 1. The molecule has 15 heavy (non-hydrogen) atoms. The second kappa shape index (κ2) is 4.76. The quantitative estimate of drug-likeness (QED) is 0.698. The lowest BCUT2D eigenvalue weighted by Crippen LogP contribution is -2.53. The van der Waals surface area contributed by atoms with Gasteiger partial charge in [0.2, 0.25) is 0 Å². The molecule has 0 aromatic rings. The molecule has 84 valence electrons. The van der Waals surface area contributed by atoms with Crippen molar-refractivity contribution in [1.82, 2.24) is 4.90 Å². The Balaban J connectivity index is 2.75. The first-order chi connectivity index (χ1) is 6.96. The van der Waals surface area contributed by atoms with Gasteiger partial charge in [-0.15, -0.1) is 0 Å². The summed E-state index contributed by atoms with van der Waals surface area (Å²) in [4.78, 5) is 14.0. The van der Waals surface area contributed by atoms with Crippen LogP contribution in [0.1, 0.15) is 46.5 Å². The standard InChI is InChI=1S/C12H20N2O/c1-12(2,3)14-9-5-4-6-10(14)11(15)7-8-13/h10H,4-7,9H2,1-3H3. The van der Waals surface area contributed by atoms with Gasteiger partial charge in [0, 0.05) is 5.54 Å². The molecule has 3 heteroatoms. The summed E-state index contributed by atoms with van der Waals surface area (Å²) in [6, 6.07) is 1.93. The Labute approximate surface area is 92.1 Å². The average molecular weight is 208 g/mol. The molecule has 0 amide bonds. The molecule has 0 saturated carbocycles. The van der Waals surface area contributed by atoms with E-state index in [9.17, 15) is 4.79 Å². The first kappa shape index (κ1) is 12.2.